The molecule has 112 valence electrons. The van der Waals surface area contributed by atoms with Crippen LogP contribution in [0, 0.1) is 11.8 Å². The summed E-state index contributed by atoms with van der Waals surface area (Å²) in [5.74, 6) is -2.04. The highest BCUT2D eigenvalue weighted by Crippen LogP contribution is 2.30. The van der Waals surface area contributed by atoms with Gasteiger partial charge >= 0.3 is 6.18 Å². The zero-order valence-electron chi connectivity index (χ0n) is 11.3. The quantitative estimate of drug-likeness (QED) is 0.360. The van der Waals surface area contributed by atoms with Crippen molar-refractivity contribution >= 4 is 5.84 Å². The van der Waals surface area contributed by atoms with Crippen LogP contribution < -0.4 is 5.73 Å². The highest BCUT2D eigenvalue weighted by atomic mass is 19.4. The zero-order valence-corrected chi connectivity index (χ0v) is 11.3. The summed E-state index contributed by atoms with van der Waals surface area (Å²) in [5, 5.41) is 11.0. The molecule has 3 N–H and O–H groups in total. The predicted molar refractivity (Wildman–Crippen MR) is 67.0 cm³/mol. The molecule has 0 radical (unpaired) electrons. The average Bonchev–Trinajstić information content (AvgIpc) is 2.34. The number of hydrogen-bond donors (Lipinski definition) is 2. The molecule has 1 fully saturated rings. The Bertz CT molecular complexity index is 312. The third kappa shape index (κ3) is 4.56. The molecule has 7 heteroatoms. The average molecular weight is 281 g/mol. The van der Waals surface area contributed by atoms with E-state index in [4.69, 9.17) is 10.9 Å². The van der Waals surface area contributed by atoms with E-state index < -0.39 is 17.9 Å². The molecule has 0 heterocycles. The number of rotatable bonds is 4. The fourth-order valence-electron chi connectivity index (χ4n) is 2.55. The number of nitrogens with two attached hydrogens (primary N) is 1. The SMILES string of the molecule is CC1CCC(N(C)CC(C(N)=NO)C(F)(F)F)CC1. The van der Waals surface area contributed by atoms with Gasteiger partial charge in [-0.05, 0) is 38.6 Å². The van der Waals surface area contributed by atoms with Crippen LogP contribution in [0.1, 0.15) is 32.6 Å². The van der Waals surface area contributed by atoms with Gasteiger partial charge in [0.25, 0.3) is 0 Å². The molecule has 0 aliphatic heterocycles. The van der Waals surface area contributed by atoms with Gasteiger partial charge in [0.2, 0.25) is 0 Å². The van der Waals surface area contributed by atoms with E-state index in [-0.39, 0.29) is 12.6 Å². The minimum absolute atomic E-state index is 0.146. The third-order valence-corrected chi connectivity index (χ3v) is 3.95. The van der Waals surface area contributed by atoms with Crippen molar-refractivity contribution in [3.05, 3.63) is 0 Å². The van der Waals surface area contributed by atoms with Gasteiger partial charge in [-0.3, -0.25) is 0 Å². The van der Waals surface area contributed by atoms with Gasteiger partial charge in [-0.1, -0.05) is 12.1 Å². The summed E-state index contributed by atoms with van der Waals surface area (Å²) in [6.07, 6.45) is -0.617. The van der Waals surface area contributed by atoms with Crippen molar-refractivity contribution in [3.63, 3.8) is 0 Å². The number of alkyl halides is 3. The van der Waals surface area contributed by atoms with Crippen molar-refractivity contribution in [3.8, 4) is 0 Å². The maximum atomic E-state index is 12.8. The van der Waals surface area contributed by atoms with E-state index in [9.17, 15) is 13.2 Å². The number of hydrogen-bond acceptors (Lipinski definition) is 3. The Kier molecular flexibility index (Phi) is 5.46. The van der Waals surface area contributed by atoms with E-state index >= 15 is 0 Å². The summed E-state index contributed by atoms with van der Waals surface area (Å²) in [6, 6.07) is 0.146. The molecule has 0 saturated heterocycles. The number of halogens is 3. The predicted octanol–water partition coefficient (Wildman–Crippen LogP) is 2.42. The first-order valence-corrected chi connectivity index (χ1v) is 6.50. The van der Waals surface area contributed by atoms with Crippen LogP contribution in [-0.2, 0) is 0 Å². The minimum atomic E-state index is -4.49. The molecule has 0 spiro atoms. The van der Waals surface area contributed by atoms with Gasteiger partial charge in [-0.15, -0.1) is 0 Å². The Hall–Kier alpha value is -0.980. The first-order chi connectivity index (χ1) is 8.75. The molecule has 1 aliphatic carbocycles. The summed E-state index contributed by atoms with van der Waals surface area (Å²) in [4.78, 5) is 1.68. The standard InChI is InChI=1S/C12H22F3N3O/c1-8-3-5-9(6-4-8)18(2)7-10(11(16)17-19)12(13,14)15/h8-10,19H,3-7H2,1-2H3,(H2,16,17). The van der Waals surface area contributed by atoms with Crippen molar-refractivity contribution in [2.75, 3.05) is 13.6 Å². The van der Waals surface area contributed by atoms with Crippen LogP contribution in [0.25, 0.3) is 0 Å². The molecule has 0 aromatic heterocycles. The summed E-state index contributed by atoms with van der Waals surface area (Å²) < 4.78 is 38.5. The van der Waals surface area contributed by atoms with Gasteiger partial charge in [0, 0.05) is 12.6 Å². The lowest BCUT2D eigenvalue weighted by Gasteiger charge is -2.35. The van der Waals surface area contributed by atoms with Crippen molar-refractivity contribution in [1.82, 2.24) is 4.90 Å². The summed E-state index contributed by atoms with van der Waals surface area (Å²) in [7, 11) is 1.67. The third-order valence-electron chi connectivity index (χ3n) is 3.95. The molecule has 1 unspecified atom stereocenters. The monoisotopic (exact) mass is 281 g/mol. The van der Waals surface area contributed by atoms with Crippen LogP contribution >= 0.6 is 0 Å². The lowest BCUT2D eigenvalue weighted by molar-refractivity contribution is -0.161. The van der Waals surface area contributed by atoms with Gasteiger partial charge in [0.1, 0.15) is 5.92 Å². The van der Waals surface area contributed by atoms with Gasteiger partial charge in [0.15, 0.2) is 5.84 Å². The van der Waals surface area contributed by atoms with Crippen molar-refractivity contribution in [2.24, 2.45) is 22.7 Å². The number of amidine groups is 1. The highest BCUT2D eigenvalue weighted by molar-refractivity contribution is 5.83. The van der Waals surface area contributed by atoms with Gasteiger partial charge in [-0.25, -0.2) is 0 Å². The normalized spacial score (nSPS) is 27.6. The fourth-order valence-corrected chi connectivity index (χ4v) is 2.55. The first-order valence-electron chi connectivity index (χ1n) is 6.50. The second-order valence-corrected chi connectivity index (χ2v) is 5.47. The molecule has 4 nitrogen and oxygen atoms in total. The van der Waals surface area contributed by atoms with Crippen LogP contribution in [0.15, 0.2) is 5.16 Å². The van der Waals surface area contributed by atoms with Gasteiger partial charge in [0.05, 0.1) is 0 Å². The largest absolute Gasteiger partial charge is 0.409 e. The van der Waals surface area contributed by atoms with Crippen LogP contribution in [0.2, 0.25) is 0 Å². The van der Waals surface area contributed by atoms with E-state index in [2.05, 4.69) is 12.1 Å². The molecular formula is C12H22F3N3O. The number of oxime groups is 1. The summed E-state index contributed by atoms with van der Waals surface area (Å²) in [6.45, 7) is 1.89. The molecule has 1 atom stereocenters. The maximum Gasteiger partial charge on any atom is 0.400 e. The van der Waals surface area contributed by atoms with E-state index in [0.717, 1.165) is 25.7 Å². The molecule has 1 aliphatic rings. The molecule has 0 aromatic carbocycles. The van der Waals surface area contributed by atoms with Gasteiger partial charge in [-0.2, -0.15) is 13.2 Å². The molecule has 0 amide bonds. The fraction of sp³-hybridized carbons (Fsp3) is 0.917. The Morgan fingerprint density at radius 3 is 2.32 bits per heavy atom. The van der Waals surface area contributed by atoms with Crippen molar-refractivity contribution in [1.29, 1.82) is 0 Å². The van der Waals surface area contributed by atoms with E-state index in [1.165, 1.54) is 0 Å². The summed E-state index contributed by atoms with van der Waals surface area (Å²) >= 11 is 0. The molecular weight excluding hydrogens is 259 g/mol. The molecule has 1 rings (SSSR count). The molecule has 0 aromatic rings. The van der Waals surface area contributed by atoms with Gasteiger partial charge < -0.3 is 15.8 Å². The van der Waals surface area contributed by atoms with Crippen LogP contribution in [0.4, 0.5) is 13.2 Å². The van der Waals surface area contributed by atoms with Crippen molar-refractivity contribution < 1.29 is 18.4 Å². The summed E-state index contributed by atoms with van der Waals surface area (Å²) in [5.41, 5.74) is 5.16. The molecule has 0 bridgehead atoms. The van der Waals surface area contributed by atoms with Crippen LogP contribution in [-0.4, -0.2) is 41.8 Å². The smallest absolute Gasteiger partial charge is 0.400 e. The first kappa shape index (κ1) is 16.1. The maximum absolute atomic E-state index is 12.8. The zero-order chi connectivity index (χ0) is 14.6. The Morgan fingerprint density at radius 1 is 1.37 bits per heavy atom. The molecule has 19 heavy (non-hydrogen) atoms. The lowest BCUT2D eigenvalue weighted by Crippen LogP contribution is -2.46. The van der Waals surface area contributed by atoms with E-state index in [0.29, 0.717) is 5.92 Å². The second kappa shape index (κ2) is 6.45. The topological polar surface area (TPSA) is 61.8 Å². The van der Waals surface area contributed by atoms with E-state index in [1.807, 2.05) is 0 Å². The minimum Gasteiger partial charge on any atom is -0.409 e. The Balaban J connectivity index is 2.64. The highest BCUT2D eigenvalue weighted by Gasteiger charge is 2.44. The second-order valence-electron chi connectivity index (χ2n) is 5.47. The van der Waals surface area contributed by atoms with E-state index in [1.54, 1.807) is 11.9 Å². The van der Waals surface area contributed by atoms with Crippen molar-refractivity contribution in [2.45, 2.75) is 44.8 Å². The lowest BCUT2D eigenvalue weighted by atomic mass is 9.86. The number of nitrogens with zero attached hydrogens (tertiary/aromatic N) is 2. The van der Waals surface area contributed by atoms with Crippen LogP contribution in [0.5, 0.6) is 0 Å². The Morgan fingerprint density at radius 2 is 1.89 bits per heavy atom. The molecule has 1 saturated carbocycles. The van der Waals surface area contributed by atoms with Crippen LogP contribution in [0.3, 0.4) is 0 Å². The Labute approximate surface area is 111 Å².